The van der Waals surface area contributed by atoms with Gasteiger partial charge in [-0.3, -0.25) is 9.59 Å². The largest absolute Gasteiger partial charge is 0.460 e. The lowest BCUT2D eigenvalue weighted by atomic mass is 9.97. The second kappa shape index (κ2) is 11.9. The van der Waals surface area contributed by atoms with E-state index < -0.39 is 35.3 Å². The molecule has 10 nitrogen and oxygen atoms in total. The molecule has 1 N–H and O–H groups in total. The summed E-state index contributed by atoms with van der Waals surface area (Å²) < 4.78 is 12.4. The second-order valence-electron chi connectivity index (χ2n) is 11.3. The molecular weight excluding hydrogens is 450 g/mol. The third-order valence-electron chi connectivity index (χ3n) is 5.78. The van der Waals surface area contributed by atoms with Gasteiger partial charge in [0.15, 0.2) is 0 Å². The summed E-state index contributed by atoms with van der Waals surface area (Å²) in [5.74, 6) is -0.614. The zero-order chi connectivity index (χ0) is 26.4. The number of nitrogens with zero attached hydrogens (tertiary/aromatic N) is 4. The lowest BCUT2D eigenvalue weighted by molar-refractivity contribution is -0.158. The van der Waals surface area contributed by atoms with Crippen LogP contribution in [0.25, 0.3) is 0 Å². The maximum Gasteiger partial charge on any atom is 0.408 e. The van der Waals surface area contributed by atoms with Crippen molar-refractivity contribution >= 4 is 18.0 Å². The summed E-state index contributed by atoms with van der Waals surface area (Å²) in [5, 5.41) is 11.4. The Kier molecular flexibility index (Phi) is 9.68. The summed E-state index contributed by atoms with van der Waals surface area (Å²) in [7, 11) is 0. The molecule has 3 atom stereocenters. The number of likely N-dealkylation sites (tertiary alicyclic amines) is 1. The van der Waals surface area contributed by atoms with Gasteiger partial charge in [-0.25, -0.2) is 9.48 Å². The maximum absolute atomic E-state index is 13.4. The van der Waals surface area contributed by atoms with Crippen LogP contribution in [0.1, 0.15) is 105 Å². The van der Waals surface area contributed by atoms with E-state index in [0.29, 0.717) is 18.8 Å². The molecule has 0 bridgehead atoms. The summed E-state index contributed by atoms with van der Waals surface area (Å²) in [6, 6.07) is -1.33. The van der Waals surface area contributed by atoms with Crippen molar-refractivity contribution in [2.75, 3.05) is 13.1 Å². The number of esters is 1. The molecule has 10 heteroatoms. The fourth-order valence-corrected chi connectivity index (χ4v) is 3.92. The minimum atomic E-state index is -0.872. The average molecular weight is 494 g/mol. The van der Waals surface area contributed by atoms with Crippen LogP contribution in [0.4, 0.5) is 4.79 Å². The van der Waals surface area contributed by atoms with Crippen LogP contribution in [0, 0.1) is 5.92 Å². The topological polar surface area (TPSA) is 116 Å². The number of aromatic nitrogens is 3. The number of amides is 2. The Morgan fingerprint density at radius 1 is 1.03 bits per heavy atom. The van der Waals surface area contributed by atoms with Gasteiger partial charge in [-0.05, 0) is 66.7 Å². The molecule has 198 valence electrons. The standard InChI is InChI=1S/C25H43N5O5/c1-9-17(2)21(26-23(33)35-25(6,7)8)18-16-30(28-27-18)19(15-20(31)34-24(3,4)5)22(32)29-13-11-10-12-14-29/h16-17,19,21H,9-15H2,1-8H3,(H,26,33)/t17-,19-,21-/m0/s1. The molecule has 1 aromatic heterocycles. The van der Waals surface area contributed by atoms with Gasteiger partial charge in [0.05, 0.1) is 18.7 Å². The van der Waals surface area contributed by atoms with Gasteiger partial charge in [0.25, 0.3) is 0 Å². The molecule has 1 aliphatic heterocycles. The van der Waals surface area contributed by atoms with Crippen molar-refractivity contribution in [3.8, 4) is 0 Å². The van der Waals surface area contributed by atoms with Crippen molar-refractivity contribution in [2.45, 2.75) is 111 Å². The highest BCUT2D eigenvalue weighted by molar-refractivity contribution is 5.85. The van der Waals surface area contributed by atoms with Gasteiger partial charge in [-0.2, -0.15) is 0 Å². The number of ether oxygens (including phenoxy) is 2. The number of hydrogen-bond acceptors (Lipinski definition) is 7. The van der Waals surface area contributed by atoms with Crippen LogP contribution in [0.2, 0.25) is 0 Å². The highest BCUT2D eigenvalue weighted by Gasteiger charge is 2.33. The lowest BCUT2D eigenvalue weighted by Gasteiger charge is -2.30. The van der Waals surface area contributed by atoms with E-state index in [0.717, 1.165) is 25.7 Å². The van der Waals surface area contributed by atoms with Crippen molar-refractivity contribution in [1.29, 1.82) is 0 Å². The van der Waals surface area contributed by atoms with Crippen molar-refractivity contribution in [1.82, 2.24) is 25.2 Å². The van der Waals surface area contributed by atoms with E-state index in [2.05, 4.69) is 15.6 Å². The summed E-state index contributed by atoms with van der Waals surface area (Å²) in [6.07, 6.45) is 4.68. The first-order chi connectivity index (χ1) is 16.2. The van der Waals surface area contributed by atoms with E-state index in [-0.39, 0.29) is 18.2 Å². The molecule has 1 saturated heterocycles. The molecule has 2 heterocycles. The monoisotopic (exact) mass is 493 g/mol. The van der Waals surface area contributed by atoms with Gasteiger partial charge in [0.1, 0.15) is 22.9 Å². The molecule has 2 amide bonds. The predicted octanol–water partition coefficient (Wildman–Crippen LogP) is 4.18. The Labute approximate surface area is 209 Å². The van der Waals surface area contributed by atoms with Crippen LogP contribution in [0.5, 0.6) is 0 Å². The maximum atomic E-state index is 13.4. The van der Waals surface area contributed by atoms with E-state index >= 15 is 0 Å². The normalized spacial score (nSPS) is 17.3. The van der Waals surface area contributed by atoms with E-state index in [4.69, 9.17) is 9.47 Å². The van der Waals surface area contributed by atoms with Crippen LogP contribution < -0.4 is 5.32 Å². The van der Waals surface area contributed by atoms with Gasteiger partial charge in [0, 0.05) is 13.1 Å². The van der Waals surface area contributed by atoms with Crippen molar-refractivity contribution < 1.29 is 23.9 Å². The van der Waals surface area contributed by atoms with E-state index in [1.807, 2.05) is 13.8 Å². The molecule has 0 aliphatic carbocycles. The zero-order valence-electron chi connectivity index (χ0n) is 22.6. The molecular formula is C25H43N5O5. The molecule has 0 unspecified atom stereocenters. The Balaban J connectivity index is 2.31. The van der Waals surface area contributed by atoms with Gasteiger partial charge in [-0.1, -0.05) is 25.5 Å². The van der Waals surface area contributed by atoms with Crippen molar-refractivity contribution in [3.05, 3.63) is 11.9 Å². The molecule has 0 saturated carbocycles. The summed E-state index contributed by atoms with van der Waals surface area (Å²) in [4.78, 5) is 40.4. The van der Waals surface area contributed by atoms with Crippen LogP contribution in [-0.4, -0.2) is 62.2 Å². The Morgan fingerprint density at radius 3 is 2.17 bits per heavy atom. The number of carbonyl (C=O) groups excluding carboxylic acids is 3. The summed E-state index contributed by atoms with van der Waals surface area (Å²) >= 11 is 0. The van der Waals surface area contributed by atoms with Gasteiger partial charge in [-0.15, -0.1) is 5.10 Å². The number of rotatable bonds is 8. The van der Waals surface area contributed by atoms with E-state index in [9.17, 15) is 14.4 Å². The molecule has 0 aromatic carbocycles. The number of nitrogens with one attached hydrogen (secondary N) is 1. The number of carbonyl (C=O) groups is 3. The first kappa shape index (κ1) is 28.6. The first-order valence-electron chi connectivity index (χ1n) is 12.6. The first-order valence-corrected chi connectivity index (χ1v) is 12.6. The predicted molar refractivity (Wildman–Crippen MR) is 132 cm³/mol. The fourth-order valence-electron chi connectivity index (χ4n) is 3.92. The molecule has 0 spiro atoms. The molecule has 1 aliphatic rings. The molecule has 1 aromatic rings. The van der Waals surface area contributed by atoms with Crippen molar-refractivity contribution in [2.24, 2.45) is 5.92 Å². The molecule has 2 rings (SSSR count). The highest BCUT2D eigenvalue weighted by Crippen LogP contribution is 2.26. The van der Waals surface area contributed by atoms with E-state index in [1.165, 1.54) is 4.68 Å². The smallest absolute Gasteiger partial charge is 0.408 e. The Morgan fingerprint density at radius 2 is 1.63 bits per heavy atom. The number of piperidine rings is 1. The number of hydrogen-bond donors (Lipinski definition) is 1. The minimum absolute atomic E-state index is 0.0368. The SMILES string of the molecule is CC[C@H](C)[C@H](NC(=O)OC(C)(C)C)c1cn([C@@H](CC(=O)OC(C)(C)C)C(=O)N2CCCCC2)nn1. The average Bonchev–Trinajstić information content (AvgIpc) is 3.22. The molecule has 1 fully saturated rings. The van der Waals surface area contributed by atoms with Crippen LogP contribution >= 0.6 is 0 Å². The van der Waals surface area contributed by atoms with Gasteiger partial charge < -0.3 is 19.7 Å². The Hall–Kier alpha value is -2.65. The molecule has 0 radical (unpaired) electrons. The third-order valence-corrected chi connectivity index (χ3v) is 5.78. The lowest BCUT2D eigenvalue weighted by Crippen LogP contribution is -2.42. The quantitative estimate of drug-likeness (QED) is 0.540. The fraction of sp³-hybridized carbons (Fsp3) is 0.800. The summed E-state index contributed by atoms with van der Waals surface area (Å²) in [5.41, 5.74) is -0.797. The van der Waals surface area contributed by atoms with Gasteiger partial charge >= 0.3 is 12.1 Å². The van der Waals surface area contributed by atoms with Crippen LogP contribution in [0.15, 0.2) is 6.20 Å². The Bertz CT molecular complexity index is 864. The van der Waals surface area contributed by atoms with Crippen LogP contribution in [0.3, 0.4) is 0 Å². The minimum Gasteiger partial charge on any atom is -0.460 e. The van der Waals surface area contributed by atoms with Crippen LogP contribution in [-0.2, 0) is 19.1 Å². The third kappa shape index (κ3) is 9.14. The number of alkyl carbamates (subject to hydrolysis) is 1. The molecule has 35 heavy (non-hydrogen) atoms. The highest BCUT2D eigenvalue weighted by atomic mass is 16.6. The van der Waals surface area contributed by atoms with Gasteiger partial charge in [0.2, 0.25) is 5.91 Å². The zero-order valence-corrected chi connectivity index (χ0v) is 22.6. The summed E-state index contributed by atoms with van der Waals surface area (Å²) in [6.45, 7) is 16.1. The van der Waals surface area contributed by atoms with Crippen molar-refractivity contribution in [3.63, 3.8) is 0 Å². The second-order valence-corrected chi connectivity index (χ2v) is 11.3. The van der Waals surface area contributed by atoms with E-state index in [1.54, 1.807) is 52.6 Å².